The van der Waals surface area contributed by atoms with Crippen LogP contribution in [-0.2, 0) is 9.53 Å². The van der Waals surface area contributed by atoms with E-state index >= 15 is 0 Å². The topological polar surface area (TPSA) is 44.8 Å². The summed E-state index contributed by atoms with van der Waals surface area (Å²) in [5, 5.41) is 0. The molecular weight excluding hydrogens is 268 g/mol. The zero-order chi connectivity index (χ0) is 15.5. The Balaban J connectivity index is 1.96. The maximum absolute atomic E-state index is 12.1. The largest absolute Gasteiger partial charge is 0.486 e. The minimum Gasteiger partial charge on any atom is -0.486 e. The fourth-order valence-electron chi connectivity index (χ4n) is 2.05. The van der Waals surface area contributed by atoms with Gasteiger partial charge in [-0.05, 0) is 36.5 Å². The zero-order valence-corrected chi connectivity index (χ0v) is 13.3. The Bertz CT molecular complexity index is 502. The molecule has 4 heteroatoms. The van der Waals surface area contributed by atoms with Crippen LogP contribution in [-0.4, -0.2) is 25.8 Å². The molecule has 0 saturated carbocycles. The minimum absolute atomic E-state index is 0.167. The third-order valence-electron chi connectivity index (χ3n) is 3.52. The Morgan fingerprint density at radius 2 is 1.90 bits per heavy atom. The van der Waals surface area contributed by atoms with E-state index < -0.39 is 0 Å². The second kappa shape index (κ2) is 6.37. The maximum atomic E-state index is 12.1. The number of hydrogen-bond acceptors (Lipinski definition) is 4. The predicted molar refractivity (Wildman–Crippen MR) is 80.9 cm³/mol. The van der Waals surface area contributed by atoms with Crippen molar-refractivity contribution in [3.8, 4) is 11.5 Å². The van der Waals surface area contributed by atoms with E-state index in [1.807, 2.05) is 25.1 Å². The van der Waals surface area contributed by atoms with Gasteiger partial charge >= 0.3 is 5.97 Å². The van der Waals surface area contributed by atoms with Crippen molar-refractivity contribution in [1.29, 1.82) is 0 Å². The van der Waals surface area contributed by atoms with Crippen LogP contribution < -0.4 is 9.47 Å². The van der Waals surface area contributed by atoms with Crippen LogP contribution in [0.2, 0.25) is 0 Å². The van der Waals surface area contributed by atoms with Crippen LogP contribution in [0.5, 0.6) is 11.5 Å². The van der Waals surface area contributed by atoms with Crippen molar-refractivity contribution in [2.75, 3.05) is 19.8 Å². The van der Waals surface area contributed by atoms with Crippen molar-refractivity contribution in [1.82, 2.24) is 0 Å². The van der Waals surface area contributed by atoms with Gasteiger partial charge in [-0.1, -0.05) is 26.8 Å². The van der Waals surface area contributed by atoms with Gasteiger partial charge in [0.2, 0.25) is 0 Å². The number of fused-ring (bicyclic) bond motifs is 1. The first-order valence-electron chi connectivity index (χ1n) is 7.43. The number of ether oxygens (including phenoxy) is 3. The molecule has 0 aliphatic carbocycles. The average molecular weight is 292 g/mol. The first kappa shape index (κ1) is 15.7. The molecule has 0 bridgehead atoms. The van der Waals surface area contributed by atoms with Gasteiger partial charge in [-0.2, -0.15) is 0 Å². The van der Waals surface area contributed by atoms with Gasteiger partial charge in [0, 0.05) is 0 Å². The molecule has 1 atom stereocenters. The molecule has 116 valence electrons. The Hall–Kier alpha value is -1.71. The van der Waals surface area contributed by atoms with Gasteiger partial charge < -0.3 is 14.2 Å². The summed E-state index contributed by atoms with van der Waals surface area (Å²) in [5.74, 6) is 0.933. The van der Waals surface area contributed by atoms with Crippen molar-refractivity contribution in [3.05, 3.63) is 23.8 Å². The molecular formula is C17H24O4. The molecule has 21 heavy (non-hydrogen) atoms. The quantitative estimate of drug-likeness (QED) is 0.796. The minimum atomic E-state index is -0.305. The van der Waals surface area contributed by atoms with Gasteiger partial charge in [0.05, 0.1) is 12.5 Å². The van der Waals surface area contributed by atoms with Crippen LogP contribution in [0.25, 0.3) is 0 Å². The van der Waals surface area contributed by atoms with Gasteiger partial charge in [-0.25, -0.2) is 0 Å². The van der Waals surface area contributed by atoms with Crippen molar-refractivity contribution >= 4 is 5.97 Å². The highest BCUT2D eigenvalue weighted by Gasteiger charge is 2.21. The molecule has 0 spiro atoms. The summed E-state index contributed by atoms with van der Waals surface area (Å²) in [6.45, 7) is 9.81. The number of hydrogen-bond donors (Lipinski definition) is 0. The Labute approximate surface area is 126 Å². The van der Waals surface area contributed by atoms with E-state index in [1.54, 1.807) is 0 Å². The van der Waals surface area contributed by atoms with Gasteiger partial charge in [-0.15, -0.1) is 0 Å². The van der Waals surface area contributed by atoms with Crippen molar-refractivity contribution < 1.29 is 19.0 Å². The van der Waals surface area contributed by atoms with E-state index in [9.17, 15) is 4.79 Å². The molecule has 0 aromatic heterocycles. The molecule has 1 aliphatic heterocycles. The Kier molecular flexibility index (Phi) is 4.76. The fourth-order valence-corrected chi connectivity index (χ4v) is 2.05. The highest BCUT2D eigenvalue weighted by atomic mass is 16.6. The van der Waals surface area contributed by atoms with E-state index in [0.717, 1.165) is 17.7 Å². The first-order valence-corrected chi connectivity index (χ1v) is 7.43. The number of carbonyl (C=O) groups is 1. The predicted octanol–water partition coefficient (Wildman–Crippen LogP) is 3.54. The number of carbonyl (C=O) groups excluding carboxylic acids is 1. The molecule has 0 radical (unpaired) electrons. The van der Waals surface area contributed by atoms with E-state index in [-0.39, 0.29) is 17.3 Å². The normalized spacial score (nSPS) is 15.4. The molecule has 1 aromatic carbocycles. The van der Waals surface area contributed by atoms with E-state index in [0.29, 0.717) is 25.6 Å². The lowest BCUT2D eigenvalue weighted by Gasteiger charge is -2.21. The van der Waals surface area contributed by atoms with E-state index in [4.69, 9.17) is 14.2 Å². The molecule has 2 rings (SSSR count). The third-order valence-corrected chi connectivity index (χ3v) is 3.52. The summed E-state index contributed by atoms with van der Waals surface area (Å²) < 4.78 is 16.4. The standard InChI is InChI=1S/C17H24O4/c1-12(16(18)21-8-7-17(2,3)4)13-5-6-14-15(11-13)20-10-9-19-14/h5-6,11-12H,7-10H2,1-4H3. The first-order chi connectivity index (χ1) is 9.87. The van der Waals surface area contributed by atoms with Crippen molar-refractivity contribution in [3.63, 3.8) is 0 Å². The third kappa shape index (κ3) is 4.38. The van der Waals surface area contributed by atoms with E-state index in [2.05, 4.69) is 20.8 Å². The molecule has 0 amide bonds. The van der Waals surface area contributed by atoms with Crippen molar-refractivity contribution in [2.45, 2.75) is 40.0 Å². The van der Waals surface area contributed by atoms with E-state index in [1.165, 1.54) is 0 Å². The van der Waals surface area contributed by atoms with Crippen LogP contribution in [0.15, 0.2) is 18.2 Å². The molecule has 0 saturated heterocycles. The second-order valence-corrected chi connectivity index (χ2v) is 6.60. The summed E-state index contributed by atoms with van der Waals surface area (Å²) in [5.41, 5.74) is 1.06. The molecule has 1 aliphatic rings. The molecule has 0 N–H and O–H groups in total. The monoisotopic (exact) mass is 292 g/mol. The molecule has 1 unspecified atom stereocenters. The van der Waals surface area contributed by atoms with Gasteiger partial charge in [0.15, 0.2) is 11.5 Å². The molecule has 1 heterocycles. The van der Waals surface area contributed by atoms with Gasteiger partial charge in [-0.3, -0.25) is 4.79 Å². The maximum Gasteiger partial charge on any atom is 0.313 e. The number of esters is 1. The van der Waals surface area contributed by atoms with Crippen LogP contribution >= 0.6 is 0 Å². The summed E-state index contributed by atoms with van der Waals surface area (Å²) in [4.78, 5) is 12.1. The number of benzene rings is 1. The highest BCUT2D eigenvalue weighted by molar-refractivity contribution is 5.78. The van der Waals surface area contributed by atoms with Crippen LogP contribution in [0, 0.1) is 5.41 Å². The lowest BCUT2D eigenvalue weighted by atomic mass is 9.93. The van der Waals surface area contributed by atoms with Crippen LogP contribution in [0.4, 0.5) is 0 Å². The van der Waals surface area contributed by atoms with Crippen molar-refractivity contribution in [2.24, 2.45) is 5.41 Å². The van der Waals surface area contributed by atoms with Crippen LogP contribution in [0.1, 0.15) is 45.6 Å². The lowest BCUT2D eigenvalue weighted by molar-refractivity contribution is -0.145. The lowest BCUT2D eigenvalue weighted by Crippen LogP contribution is -2.18. The van der Waals surface area contributed by atoms with Gasteiger partial charge in [0.25, 0.3) is 0 Å². The summed E-state index contributed by atoms with van der Waals surface area (Å²) in [7, 11) is 0. The summed E-state index contributed by atoms with van der Waals surface area (Å²) in [6, 6.07) is 5.61. The van der Waals surface area contributed by atoms with Gasteiger partial charge in [0.1, 0.15) is 13.2 Å². The average Bonchev–Trinajstić information content (AvgIpc) is 2.44. The fraction of sp³-hybridized carbons (Fsp3) is 0.588. The highest BCUT2D eigenvalue weighted by Crippen LogP contribution is 2.33. The second-order valence-electron chi connectivity index (χ2n) is 6.60. The molecule has 4 nitrogen and oxygen atoms in total. The smallest absolute Gasteiger partial charge is 0.313 e. The zero-order valence-electron chi connectivity index (χ0n) is 13.3. The summed E-state index contributed by atoms with van der Waals surface area (Å²) in [6.07, 6.45) is 0.854. The Morgan fingerprint density at radius 1 is 1.24 bits per heavy atom. The summed E-state index contributed by atoms with van der Waals surface area (Å²) >= 11 is 0. The Morgan fingerprint density at radius 3 is 2.57 bits per heavy atom. The van der Waals surface area contributed by atoms with Crippen LogP contribution in [0.3, 0.4) is 0 Å². The number of rotatable bonds is 4. The SMILES string of the molecule is CC(C(=O)OCCC(C)(C)C)c1ccc2c(c1)OCCO2. The molecule has 0 fully saturated rings. The molecule has 1 aromatic rings.